The highest BCUT2D eigenvalue weighted by Gasteiger charge is 2.49. The van der Waals surface area contributed by atoms with Gasteiger partial charge in [-0.25, -0.2) is 0 Å². The van der Waals surface area contributed by atoms with E-state index in [1.54, 1.807) is 0 Å². The Balaban J connectivity index is 1.31. The van der Waals surface area contributed by atoms with Crippen LogP contribution in [0.1, 0.15) is 74.8 Å². The second-order valence-electron chi connectivity index (χ2n) is 10.1. The second kappa shape index (κ2) is 9.35. The highest BCUT2D eigenvalue weighted by molar-refractivity contribution is 5.79. The molecule has 2 heterocycles. The Bertz CT molecular complexity index is 829. The average Bonchev–Trinajstić information content (AvgIpc) is 3.24. The van der Waals surface area contributed by atoms with E-state index in [2.05, 4.69) is 45.9 Å². The molecule has 4 aliphatic rings. The Morgan fingerprint density at radius 2 is 1.71 bits per heavy atom. The molecule has 4 fully saturated rings. The minimum Gasteiger partial charge on any atom is -0.395 e. The monoisotopic (exact) mass is 420 g/mol. The number of nitrogens with zero attached hydrogens (tertiary/aromatic N) is 2. The first-order chi connectivity index (χ1) is 15.2. The lowest BCUT2D eigenvalue weighted by molar-refractivity contribution is -0.143. The maximum absolute atomic E-state index is 13.0. The summed E-state index contributed by atoms with van der Waals surface area (Å²) >= 11 is 0. The quantitative estimate of drug-likeness (QED) is 0.757. The van der Waals surface area contributed by atoms with Gasteiger partial charge in [-0.3, -0.25) is 9.69 Å². The van der Waals surface area contributed by atoms with Crippen LogP contribution in [-0.2, 0) is 4.79 Å². The maximum Gasteiger partial charge on any atom is 0.225 e. The first-order valence-electron chi connectivity index (χ1n) is 12.5. The van der Waals surface area contributed by atoms with Crippen molar-refractivity contribution in [3.8, 4) is 11.8 Å². The number of carbonyl (C=O) groups excluding carboxylic acids is 1. The molecule has 1 aromatic carbocycles. The molecule has 0 unspecified atom stereocenters. The van der Waals surface area contributed by atoms with Crippen LogP contribution in [0.2, 0.25) is 0 Å². The highest BCUT2D eigenvalue weighted by atomic mass is 16.3. The molecule has 2 saturated carbocycles. The van der Waals surface area contributed by atoms with E-state index in [9.17, 15) is 9.90 Å². The molecule has 1 N–H and O–H groups in total. The number of fused-ring (bicyclic) bond motifs is 1. The zero-order valence-electron chi connectivity index (χ0n) is 18.6. The first-order valence-corrected chi connectivity index (χ1v) is 12.5. The fourth-order valence-electron chi connectivity index (χ4n) is 6.10. The molecule has 0 spiro atoms. The third kappa shape index (κ3) is 4.28. The van der Waals surface area contributed by atoms with Gasteiger partial charge in [0.15, 0.2) is 0 Å². The van der Waals surface area contributed by atoms with Gasteiger partial charge in [-0.15, -0.1) is 0 Å². The standard InChI is InChI=1S/C27H36N2O2/c30-19-25-26(22-14-12-21(13-15-22)11-10-20-6-1-2-7-20)24-18-28(16-3-4-17-29(24)25)27(31)23-8-5-9-23/h12-15,20,23-26,30H,1-9,16-19H2/t24-,25+,26-/m1/s1. The number of rotatable bonds is 3. The SMILES string of the molecule is O=C(C1CCC1)N1CCCCN2[C@H](C1)[C@@H](c1ccc(C#CC3CCCC3)cc1)[C@@H]2CO. The van der Waals surface area contributed by atoms with E-state index in [1.165, 1.54) is 37.7 Å². The Hall–Kier alpha value is -1.83. The van der Waals surface area contributed by atoms with Crippen molar-refractivity contribution in [1.29, 1.82) is 0 Å². The molecule has 4 nitrogen and oxygen atoms in total. The molecule has 0 aromatic heterocycles. The molecule has 2 saturated heterocycles. The topological polar surface area (TPSA) is 43.8 Å². The van der Waals surface area contributed by atoms with Crippen LogP contribution < -0.4 is 0 Å². The van der Waals surface area contributed by atoms with Crippen LogP contribution in [0.3, 0.4) is 0 Å². The van der Waals surface area contributed by atoms with Gasteiger partial charge in [0, 0.05) is 48.5 Å². The van der Waals surface area contributed by atoms with Crippen molar-refractivity contribution in [1.82, 2.24) is 9.80 Å². The van der Waals surface area contributed by atoms with Gasteiger partial charge in [0.25, 0.3) is 0 Å². The van der Waals surface area contributed by atoms with Crippen LogP contribution in [-0.4, -0.2) is 59.1 Å². The zero-order chi connectivity index (χ0) is 21.2. The molecular formula is C27H36N2O2. The molecular weight excluding hydrogens is 384 g/mol. The van der Waals surface area contributed by atoms with Crippen LogP contribution in [0.15, 0.2) is 24.3 Å². The van der Waals surface area contributed by atoms with E-state index in [0.29, 0.717) is 17.9 Å². The Labute approximate surface area is 187 Å². The summed E-state index contributed by atoms with van der Waals surface area (Å²) in [4.78, 5) is 17.6. The summed E-state index contributed by atoms with van der Waals surface area (Å²) in [7, 11) is 0. The molecule has 1 aromatic rings. The largest absolute Gasteiger partial charge is 0.395 e. The number of hydrogen-bond donors (Lipinski definition) is 1. The third-order valence-corrected chi connectivity index (χ3v) is 8.21. The molecule has 5 rings (SSSR count). The van der Waals surface area contributed by atoms with Crippen molar-refractivity contribution in [2.45, 2.75) is 75.8 Å². The van der Waals surface area contributed by atoms with Gasteiger partial charge >= 0.3 is 0 Å². The van der Waals surface area contributed by atoms with E-state index in [4.69, 9.17) is 0 Å². The van der Waals surface area contributed by atoms with E-state index in [-0.39, 0.29) is 24.5 Å². The van der Waals surface area contributed by atoms with Crippen molar-refractivity contribution in [3.63, 3.8) is 0 Å². The van der Waals surface area contributed by atoms with Gasteiger partial charge in [-0.2, -0.15) is 0 Å². The third-order valence-electron chi connectivity index (χ3n) is 8.21. The summed E-state index contributed by atoms with van der Waals surface area (Å²) in [5.74, 6) is 8.32. The van der Waals surface area contributed by atoms with Gasteiger partial charge in [0.05, 0.1) is 6.61 Å². The number of carbonyl (C=O) groups is 1. The molecule has 3 atom stereocenters. The van der Waals surface area contributed by atoms with Gasteiger partial charge in [-0.05, 0) is 62.8 Å². The maximum atomic E-state index is 13.0. The van der Waals surface area contributed by atoms with Gasteiger partial charge in [0.1, 0.15) is 0 Å². The minimum absolute atomic E-state index is 0.166. The van der Waals surface area contributed by atoms with Crippen molar-refractivity contribution in [2.75, 3.05) is 26.2 Å². The van der Waals surface area contributed by atoms with E-state index in [0.717, 1.165) is 50.9 Å². The van der Waals surface area contributed by atoms with Crippen molar-refractivity contribution < 1.29 is 9.90 Å². The average molecular weight is 421 g/mol. The number of aliphatic hydroxyl groups is 1. The van der Waals surface area contributed by atoms with Crippen LogP contribution in [0.25, 0.3) is 0 Å². The Morgan fingerprint density at radius 1 is 0.968 bits per heavy atom. The number of benzene rings is 1. The molecule has 1 amide bonds. The van der Waals surface area contributed by atoms with Crippen LogP contribution in [0, 0.1) is 23.7 Å². The van der Waals surface area contributed by atoms with E-state index in [1.807, 2.05) is 0 Å². The normalized spacial score (nSPS) is 29.7. The van der Waals surface area contributed by atoms with Gasteiger partial charge in [0.2, 0.25) is 5.91 Å². The van der Waals surface area contributed by atoms with Gasteiger partial charge in [-0.1, -0.05) is 43.2 Å². The fraction of sp³-hybridized carbons (Fsp3) is 0.667. The van der Waals surface area contributed by atoms with Crippen LogP contribution in [0.5, 0.6) is 0 Å². The second-order valence-corrected chi connectivity index (χ2v) is 10.1. The fourth-order valence-corrected chi connectivity index (χ4v) is 6.10. The minimum atomic E-state index is 0.166. The molecule has 166 valence electrons. The lowest BCUT2D eigenvalue weighted by Crippen LogP contribution is -2.68. The molecule has 0 radical (unpaired) electrons. The molecule has 0 bridgehead atoms. The van der Waals surface area contributed by atoms with E-state index < -0.39 is 0 Å². The predicted molar refractivity (Wildman–Crippen MR) is 123 cm³/mol. The summed E-state index contributed by atoms with van der Waals surface area (Å²) < 4.78 is 0. The predicted octanol–water partition coefficient (Wildman–Crippen LogP) is 3.78. The molecule has 4 heteroatoms. The number of hydrogen-bond acceptors (Lipinski definition) is 3. The van der Waals surface area contributed by atoms with Crippen molar-refractivity contribution >= 4 is 5.91 Å². The zero-order valence-corrected chi connectivity index (χ0v) is 18.6. The summed E-state index contributed by atoms with van der Waals surface area (Å²) in [5.41, 5.74) is 2.37. The summed E-state index contributed by atoms with van der Waals surface area (Å²) in [6.45, 7) is 2.91. The van der Waals surface area contributed by atoms with E-state index >= 15 is 0 Å². The smallest absolute Gasteiger partial charge is 0.225 e. The summed E-state index contributed by atoms with van der Waals surface area (Å²) in [5, 5.41) is 10.1. The molecule has 2 aliphatic heterocycles. The number of amides is 1. The number of aliphatic hydroxyl groups excluding tert-OH is 1. The lowest BCUT2D eigenvalue weighted by Gasteiger charge is -2.57. The summed E-state index contributed by atoms with van der Waals surface area (Å²) in [6, 6.07) is 9.19. The highest BCUT2D eigenvalue weighted by Crippen LogP contribution is 2.42. The molecule has 31 heavy (non-hydrogen) atoms. The van der Waals surface area contributed by atoms with Crippen molar-refractivity contribution in [3.05, 3.63) is 35.4 Å². The van der Waals surface area contributed by atoms with Crippen molar-refractivity contribution in [2.24, 2.45) is 11.8 Å². The van der Waals surface area contributed by atoms with Crippen LogP contribution >= 0.6 is 0 Å². The summed E-state index contributed by atoms with van der Waals surface area (Å²) in [6.07, 6.45) is 10.6. The Morgan fingerprint density at radius 3 is 2.39 bits per heavy atom. The van der Waals surface area contributed by atoms with Crippen LogP contribution in [0.4, 0.5) is 0 Å². The first kappa shape index (κ1) is 21.0. The Kier molecular flexibility index (Phi) is 6.34. The lowest BCUT2D eigenvalue weighted by atomic mass is 9.74. The molecule has 2 aliphatic carbocycles. The van der Waals surface area contributed by atoms with Gasteiger partial charge < -0.3 is 10.0 Å².